The zero-order valence-corrected chi connectivity index (χ0v) is 19.0. The van der Waals surface area contributed by atoms with Crippen LogP contribution in [-0.4, -0.2) is 38.8 Å². The summed E-state index contributed by atoms with van der Waals surface area (Å²) in [6.45, 7) is 0.536. The molecule has 0 spiro atoms. The first-order valence-corrected chi connectivity index (χ1v) is 10.9. The van der Waals surface area contributed by atoms with Crippen LogP contribution in [0.5, 0.6) is 11.5 Å². The highest BCUT2D eigenvalue weighted by Crippen LogP contribution is 2.27. The quantitative estimate of drug-likeness (QED) is 0.261. The van der Waals surface area contributed by atoms with Crippen LogP contribution in [0.2, 0.25) is 0 Å². The van der Waals surface area contributed by atoms with Gasteiger partial charge in [0.15, 0.2) is 11.5 Å². The van der Waals surface area contributed by atoms with Gasteiger partial charge in [0.25, 0.3) is 5.91 Å². The lowest BCUT2D eigenvalue weighted by atomic mass is 10.1. The van der Waals surface area contributed by atoms with Crippen molar-refractivity contribution in [3.8, 4) is 11.5 Å². The van der Waals surface area contributed by atoms with Crippen molar-refractivity contribution < 1.29 is 19.1 Å². The average Bonchev–Trinajstić information content (AvgIpc) is 2.85. The van der Waals surface area contributed by atoms with Crippen LogP contribution in [0.15, 0.2) is 65.8 Å². The van der Waals surface area contributed by atoms with Crippen LogP contribution in [0, 0.1) is 0 Å². The number of ether oxygens (including phenoxy) is 2. The summed E-state index contributed by atoms with van der Waals surface area (Å²) in [6, 6.07) is 19.1. The highest BCUT2D eigenvalue weighted by molar-refractivity contribution is 6.00. The topological polar surface area (TPSA) is 89.0 Å². The number of nitrogens with zero attached hydrogens (tertiary/aromatic N) is 1. The minimum absolute atomic E-state index is 0.124. The van der Waals surface area contributed by atoms with E-state index >= 15 is 0 Å². The molecule has 0 saturated carbocycles. The number of carbonyl (C=O) groups is 2. The highest BCUT2D eigenvalue weighted by Gasteiger charge is 2.10. The van der Waals surface area contributed by atoms with E-state index in [0.717, 1.165) is 35.6 Å². The molecule has 0 radical (unpaired) electrons. The molecule has 0 unspecified atom stereocenters. The van der Waals surface area contributed by atoms with Gasteiger partial charge in [0, 0.05) is 24.1 Å². The van der Waals surface area contributed by atoms with E-state index in [1.54, 1.807) is 31.5 Å². The van der Waals surface area contributed by atoms with Crippen LogP contribution in [0.3, 0.4) is 0 Å². The fourth-order valence-electron chi connectivity index (χ4n) is 3.46. The third-order valence-corrected chi connectivity index (χ3v) is 5.23. The average molecular weight is 448 g/mol. The summed E-state index contributed by atoms with van der Waals surface area (Å²) in [6.07, 6.45) is 4.39. The molecule has 0 aromatic heterocycles. The molecule has 7 heteroatoms. The molecule has 3 aromatic carbocycles. The number of carbonyl (C=O) groups excluding carboxylic acids is 2. The van der Waals surface area contributed by atoms with Gasteiger partial charge < -0.3 is 14.8 Å². The van der Waals surface area contributed by atoms with Gasteiger partial charge >= 0.3 is 0 Å². The van der Waals surface area contributed by atoms with Crippen molar-refractivity contribution in [2.45, 2.75) is 25.7 Å². The minimum atomic E-state index is -0.170. The Balaban J connectivity index is 1.33. The zero-order valence-electron chi connectivity index (χ0n) is 19.0. The van der Waals surface area contributed by atoms with Crippen LogP contribution in [0.25, 0.3) is 10.8 Å². The van der Waals surface area contributed by atoms with Gasteiger partial charge in [-0.3, -0.25) is 9.59 Å². The van der Waals surface area contributed by atoms with Gasteiger partial charge in [0.1, 0.15) is 0 Å². The Bertz CT molecular complexity index is 1120. The number of amides is 2. The first-order valence-electron chi connectivity index (χ1n) is 10.9. The summed E-state index contributed by atoms with van der Waals surface area (Å²) >= 11 is 0. The van der Waals surface area contributed by atoms with Crippen molar-refractivity contribution in [1.29, 1.82) is 0 Å². The maximum Gasteiger partial charge on any atom is 0.251 e. The van der Waals surface area contributed by atoms with Crippen LogP contribution < -0.4 is 20.2 Å². The summed E-state index contributed by atoms with van der Waals surface area (Å²) in [5, 5.41) is 9.19. The van der Waals surface area contributed by atoms with Crippen molar-refractivity contribution in [2.24, 2.45) is 5.10 Å². The number of benzene rings is 3. The Labute approximate surface area is 193 Å². The van der Waals surface area contributed by atoms with Gasteiger partial charge in [-0.15, -0.1) is 0 Å². The monoisotopic (exact) mass is 447 g/mol. The molecule has 3 aromatic rings. The van der Waals surface area contributed by atoms with E-state index in [1.807, 2.05) is 42.5 Å². The van der Waals surface area contributed by atoms with E-state index in [2.05, 4.69) is 15.8 Å². The van der Waals surface area contributed by atoms with E-state index in [0.29, 0.717) is 30.0 Å². The second-order valence-corrected chi connectivity index (χ2v) is 7.50. The summed E-state index contributed by atoms with van der Waals surface area (Å²) in [5.74, 6) is 0.797. The second kappa shape index (κ2) is 12.2. The molecule has 3 rings (SSSR count). The first kappa shape index (κ1) is 23.8. The number of hydrogen-bond donors (Lipinski definition) is 2. The van der Waals surface area contributed by atoms with Crippen molar-refractivity contribution in [3.63, 3.8) is 0 Å². The van der Waals surface area contributed by atoms with E-state index in [4.69, 9.17) is 9.47 Å². The van der Waals surface area contributed by atoms with E-state index in [-0.39, 0.29) is 11.8 Å². The third-order valence-electron chi connectivity index (χ3n) is 5.23. The Kier molecular flexibility index (Phi) is 8.82. The van der Waals surface area contributed by atoms with Gasteiger partial charge in [-0.2, -0.15) is 5.10 Å². The Morgan fingerprint density at radius 1 is 0.909 bits per heavy atom. The van der Waals surface area contributed by atoms with Gasteiger partial charge in [-0.1, -0.05) is 48.9 Å². The number of unbranched alkanes of at least 4 members (excludes halogenated alkanes) is 2. The van der Waals surface area contributed by atoms with Gasteiger partial charge in [0.2, 0.25) is 5.91 Å². The largest absolute Gasteiger partial charge is 0.493 e. The maximum atomic E-state index is 12.3. The van der Waals surface area contributed by atoms with Crippen molar-refractivity contribution >= 4 is 28.8 Å². The second-order valence-electron chi connectivity index (χ2n) is 7.50. The summed E-state index contributed by atoms with van der Waals surface area (Å²) < 4.78 is 10.4. The number of nitrogens with one attached hydrogen (secondary N) is 2. The first-order chi connectivity index (χ1) is 16.1. The smallest absolute Gasteiger partial charge is 0.251 e. The molecule has 0 fully saturated rings. The summed E-state index contributed by atoms with van der Waals surface area (Å²) in [7, 11) is 3.08. The molecule has 7 nitrogen and oxygen atoms in total. The lowest BCUT2D eigenvalue weighted by molar-refractivity contribution is -0.121. The SMILES string of the molecule is COc1ccc(C(=O)NCCCCCC(=O)N/N=C/c2cccc3ccccc23)cc1OC. The van der Waals surface area contributed by atoms with Gasteiger partial charge in [-0.25, -0.2) is 5.43 Å². The summed E-state index contributed by atoms with van der Waals surface area (Å²) in [4.78, 5) is 24.3. The maximum absolute atomic E-state index is 12.3. The van der Waals surface area contributed by atoms with Crippen molar-refractivity contribution in [3.05, 3.63) is 71.8 Å². The van der Waals surface area contributed by atoms with Crippen LogP contribution >= 0.6 is 0 Å². The number of methoxy groups -OCH3 is 2. The normalized spacial score (nSPS) is 10.8. The molecular weight excluding hydrogens is 418 g/mol. The number of rotatable bonds is 11. The molecule has 0 bridgehead atoms. The summed E-state index contributed by atoms with van der Waals surface area (Å²) in [5.41, 5.74) is 4.05. The molecule has 0 aliphatic heterocycles. The minimum Gasteiger partial charge on any atom is -0.493 e. The van der Waals surface area contributed by atoms with E-state index in [9.17, 15) is 9.59 Å². The number of hydrogen-bond acceptors (Lipinski definition) is 5. The number of fused-ring (bicyclic) bond motifs is 1. The number of hydrazone groups is 1. The molecule has 0 atom stereocenters. The molecule has 2 N–H and O–H groups in total. The molecule has 33 heavy (non-hydrogen) atoms. The fourth-order valence-corrected chi connectivity index (χ4v) is 3.46. The molecule has 172 valence electrons. The Hall–Kier alpha value is -3.87. The lowest BCUT2D eigenvalue weighted by Gasteiger charge is -2.10. The molecule has 0 aliphatic rings. The molecular formula is C26H29N3O4. The predicted molar refractivity (Wildman–Crippen MR) is 130 cm³/mol. The van der Waals surface area contributed by atoms with Gasteiger partial charge in [-0.05, 0) is 41.8 Å². The standard InChI is InChI=1S/C26H29N3O4/c1-32-23-15-14-20(17-24(23)33-2)26(31)27-16-7-3-4-13-25(30)29-28-18-21-11-8-10-19-9-5-6-12-22(19)21/h5-6,8-12,14-15,17-18H,3-4,7,13,16H2,1-2H3,(H,27,31)(H,29,30)/b28-18+. The molecule has 2 amide bonds. The van der Waals surface area contributed by atoms with E-state index in [1.165, 1.54) is 7.11 Å². The predicted octanol–water partition coefficient (Wildman–Crippen LogP) is 4.30. The van der Waals surface area contributed by atoms with Crippen LogP contribution in [0.1, 0.15) is 41.6 Å². The fraction of sp³-hybridized carbons (Fsp3) is 0.269. The molecule has 0 aliphatic carbocycles. The van der Waals surface area contributed by atoms with Crippen LogP contribution in [0.4, 0.5) is 0 Å². The van der Waals surface area contributed by atoms with Crippen LogP contribution in [-0.2, 0) is 4.79 Å². The van der Waals surface area contributed by atoms with Gasteiger partial charge in [0.05, 0.1) is 20.4 Å². The lowest BCUT2D eigenvalue weighted by Crippen LogP contribution is -2.24. The van der Waals surface area contributed by atoms with Crippen molar-refractivity contribution in [2.75, 3.05) is 20.8 Å². The zero-order chi connectivity index (χ0) is 23.5. The Morgan fingerprint density at radius 2 is 1.70 bits per heavy atom. The highest BCUT2D eigenvalue weighted by atomic mass is 16.5. The van der Waals surface area contributed by atoms with E-state index < -0.39 is 0 Å². The third kappa shape index (κ3) is 6.80. The molecule has 0 heterocycles. The molecule has 0 saturated heterocycles. The Morgan fingerprint density at radius 3 is 2.52 bits per heavy atom. The van der Waals surface area contributed by atoms with Crippen molar-refractivity contribution in [1.82, 2.24) is 10.7 Å².